The number of nitrogens with one attached hydrogen (secondary N) is 6. The molecule has 25 heteroatoms. The van der Waals surface area contributed by atoms with E-state index in [-0.39, 0.29) is 62.9 Å². The third kappa shape index (κ3) is 20.1. The summed E-state index contributed by atoms with van der Waals surface area (Å²) in [7, 11) is 0. The molecule has 0 saturated carbocycles. The van der Waals surface area contributed by atoms with Gasteiger partial charge in [0.15, 0.2) is 6.23 Å². The minimum absolute atomic E-state index is 0.0191. The van der Waals surface area contributed by atoms with Crippen LogP contribution in [0.5, 0.6) is 5.75 Å². The number of aliphatic hydroxyl groups is 7. The van der Waals surface area contributed by atoms with Crippen molar-refractivity contribution in [3.8, 4) is 5.75 Å². The van der Waals surface area contributed by atoms with Crippen molar-refractivity contribution in [3.05, 3.63) is 29.8 Å². The lowest BCUT2D eigenvalue weighted by Gasteiger charge is -2.35. The number of benzene rings is 1. The summed E-state index contributed by atoms with van der Waals surface area (Å²) in [6, 6.07) is -6.50. The third-order valence-electron chi connectivity index (χ3n) is 15.3. The van der Waals surface area contributed by atoms with Gasteiger partial charge in [-0.1, -0.05) is 91.7 Å². The summed E-state index contributed by atoms with van der Waals surface area (Å²) in [5.74, 6) is -6.51. The van der Waals surface area contributed by atoms with Gasteiger partial charge >= 0.3 is 0 Å². The van der Waals surface area contributed by atoms with E-state index < -0.39 is 146 Å². The predicted octanol–water partition coefficient (Wildman–Crippen LogP) is -1.85. The Hall–Kier alpha value is -5.09. The number of fused-ring (bicyclic) bond motifs is 2. The molecule has 16 atom stereocenters. The fraction of sp³-hybridized carbons (Fsp3) is 0.764. The van der Waals surface area contributed by atoms with Gasteiger partial charge in [0, 0.05) is 44.9 Å². The van der Waals surface area contributed by atoms with Gasteiger partial charge in [0.1, 0.15) is 60.3 Å². The molecule has 1 aromatic rings. The zero-order chi connectivity index (χ0) is 59.4. The summed E-state index contributed by atoms with van der Waals surface area (Å²) >= 11 is 0. The highest BCUT2D eigenvalue weighted by atomic mass is 16.5. The largest absolute Gasteiger partial charge is 0.508 e. The number of nitrogens with zero attached hydrogens (tertiary/aromatic N) is 2. The number of nitrogens with two attached hydrogens (primary N) is 1. The fourth-order valence-corrected chi connectivity index (χ4v) is 10.5. The number of amides is 7. The van der Waals surface area contributed by atoms with Crippen molar-refractivity contribution in [1.29, 1.82) is 0 Å². The molecule has 7 amide bonds. The Morgan fingerprint density at radius 2 is 1.36 bits per heavy atom. The van der Waals surface area contributed by atoms with Crippen molar-refractivity contribution in [3.63, 3.8) is 0 Å². The van der Waals surface area contributed by atoms with Crippen LogP contribution in [-0.4, -0.2) is 210 Å². The number of aromatic hydroxyl groups is 1. The van der Waals surface area contributed by atoms with Crippen molar-refractivity contribution in [2.24, 2.45) is 17.6 Å². The van der Waals surface area contributed by atoms with Gasteiger partial charge in [0.25, 0.3) is 0 Å². The lowest BCUT2D eigenvalue weighted by molar-refractivity contribution is -0.150. The summed E-state index contributed by atoms with van der Waals surface area (Å²) < 4.78 is 5.99. The summed E-state index contributed by atoms with van der Waals surface area (Å²) in [5.41, 5.74) is 5.72. The van der Waals surface area contributed by atoms with Gasteiger partial charge < -0.3 is 93.0 Å². The lowest BCUT2D eigenvalue weighted by atomic mass is 9.91. The fourth-order valence-electron chi connectivity index (χ4n) is 10.5. The number of carbonyl (C=O) groups excluding carboxylic acids is 7. The van der Waals surface area contributed by atoms with Crippen LogP contribution in [0, 0.1) is 11.8 Å². The van der Waals surface area contributed by atoms with Crippen LogP contribution in [0.25, 0.3) is 0 Å². The van der Waals surface area contributed by atoms with Crippen molar-refractivity contribution < 1.29 is 79.2 Å². The van der Waals surface area contributed by atoms with E-state index in [1.54, 1.807) is 0 Å². The number of rotatable bonds is 25. The van der Waals surface area contributed by atoms with Crippen LogP contribution in [0.15, 0.2) is 24.3 Å². The van der Waals surface area contributed by atoms with Crippen molar-refractivity contribution >= 4 is 41.4 Å². The van der Waals surface area contributed by atoms with Gasteiger partial charge in [-0.2, -0.15) is 0 Å². The molecule has 4 rings (SSSR count). The Balaban J connectivity index is 1.76. The average molecular weight is 1140 g/mol. The highest BCUT2D eigenvalue weighted by molar-refractivity contribution is 5.98. The first-order chi connectivity index (χ1) is 37.9. The van der Waals surface area contributed by atoms with Gasteiger partial charge in [-0.3, -0.25) is 33.6 Å². The molecule has 3 aliphatic heterocycles. The summed E-state index contributed by atoms with van der Waals surface area (Å²) in [4.78, 5) is 103. The first-order valence-electron chi connectivity index (χ1n) is 28.6. The van der Waals surface area contributed by atoms with Crippen LogP contribution in [-0.2, 0) is 38.3 Å². The highest BCUT2D eigenvalue weighted by Crippen LogP contribution is 2.27. The molecule has 80 heavy (non-hydrogen) atoms. The van der Waals surface area contributed by atoms with E-state index in [4.69, 9.17) is 10.5 Å². The third-order valence-corrected chi connectivity index (χ3v) is 15.3. The Kier molecular flexibility index (Phi) is 27.9. The molecular weight excluding hydrogens is 1040 g/mol. The number of ether oxygens (including phenoxy) is 1. The van der Waals surface area contributed by atoms with E-state index in [9.17, 15) is 74.4 Å². The second-order valence-corrected chi connectivity index (χ2v) is 22.4. The van der Waals surface area contributed by atoms with Crippen LogP contribution >= 0.6 is 0 Å². The Morgan fingerprint density at radius 1 is 0.738 bits per heavy atom. The minimum atomic E-state index is -2.28. The molecule has 0 spiro atoms. The van der Waals surface area contributed by atoms with E-state index in [1.807, 2.05) is 13.8 Å². The maximum atomic E-state index is 14.7. The Labute approximate surface area is 469 Å². The van der Waals surface area contributed by atoms with Crippen LogP contribution in [0.3, 0.4) is 0 Å². The zero-order valence-corrected chi connectivity index (χ0v) is 47.4. The molecular formula is C55H93N9O16. The number of unbranched alkanes of at least 4 members (excludes halogenated alkanes) is 5. The minimum Gasteiger partial charge on any atom is -0.508 e. The van der Waals surface area contributed by atoms with Crippen LogP contribution in [0.2, 0.25) is 0 Å². The number of aliphatic hydroxyl groups excluding tert-OH is 7. The predicted molar refractivity (Wildman–Crippen MR) is 292 cm³/mol. The maximum Gasteiger partial charge on any atom is 0.248 e. The molecule has 16 N–H and O–H groups in total. The summed E-state index contributed by atoms with van der Waals surface area (Å²) in [6.07, 6.45) is -7.40. The summed E-state index contributed by atoms with van der Waals surface area (Å²) in [5, 5.41) is 105. The van der Waals surface area contributed by atoms with Gasteiger partial charge in [-0.05, 0) is 68.7 Å². The Morgan fingerprint density at radius 3 is 2.00 bits per heavy atom. The van der Waals surface area contributed by atoms with Crippen molar-refractivity contribution in [2.75, 3.05) is 32.8 Å². The number of phenolic OH excluding ortho intramolecular Hbond substituents is 1. The first kappa shape index (κ1) is 67.4. The molecule has 25 nitrogen and oxygen atoms in total. The van der Waals surface area contributed by atoms with E-state index in [1.165, 1.54) is 30.7 Å². The van der Waals surface area contributed by atoms with E-state index >= 15 is 0 Å². The first-order valence-corrected chi connectivity index (χ1v) is 28.6. The second-order valence-electron chi connectivity index (χ2n) is 22.4. The number of hydrogen-bond acceptors (Lipinski definition) is 18. The monoisotopic (exact) mass is 1140 g/mol. The normalized spacial score (nSPS) is 28.1. The Bertz CT molecular complexity index is 2140. The van der Waals surface area contributed by atoms with Gasteiger partial charge in [-0.25, -0.2) is 0 Å². The van der Waals surface area contributed by atoms with Gasteiger partial charge in [0.05, 0.1) is 31.0 Å². The molecule has 454 valence electrons. The second kappa shape index (κ2) is 33.1. The number of phenols is 1. The standard InChI is InChI=1S/C55H93N9O16/c1-7-31(4)26-32(5)14-12-10-8-9-11-13-15-42(71)58-37-28-41(70)53(80-25-23-57-30(2)3)62-52(77)46-40(69)21-24-63(46)55(79)44(39(68)20-22-56)60-51(76)45(48(73)47(72)34-16-18-35(66)19-17-34)61-50(75)38-27-36(67)29-64(38)54(78)43(33(6)65)59-49(37)74/h16-19,30-33,36-41,43-48,53,57,65-70,72-73H,7-15,20-29,56H2,1-6H3,(H,58,71)(H,59,74)(H,60,76)(H,61,75)(H,62,77)/t31-,32+,33?,36+,37-,38-,39+,40-,41+,43?,44-,45-,46-,47-,48-,53+/m0/s1. The van der Waals surface area contributed by atoms with Crippen molar-refractivity contribution in [2.45, 2.75) is 223 Å². The van der Waals surface area contributed by atoms with Crippen LogP contribution < -0.4 is 37.6 Å². The maximum absolute atomic E-state index is 14.7. The smallest absolute Gasteiger partial charge is 0.248 e. The zero-order valence-electron chi connectivity index (χ0n) is 47.4. The van der Waals surface area contributed by atoms with E-state index in [0.717, 1.165) is 55.2 Å². The topological polar surface area (TPSA) is 395 Å². The molecule has 3 aliphatic rings. The molecule has 0 aliphatic carbocycles. The molecule has 1 aromatic carbocycles. The quantitative estimate of drug-likeness (QED) is 0.0478. The van der Waals surface area contributed by atoms with Crippen LogP contribution in [0.4, 0.5) is 0 Å². The molecule has 2 unspecified atom stereocenters. The van der Waals surface area contributed by atoms with Gasteiger partial charge in [-0.15, -0.1) is 0 Å². The lowest BCUT2D eigenvalue weighted by Crippen LogP contribution is -2.64. The van der Waals surface area contributed by atoms with Gasteiger partial charge in [0.2, 0.25) is 41.4 Å². The van der Waals surface area contributed by atoms with Crippen molar-refractivity contribution in [1.82, 2.24) is 41.7 Å². The molecule has 3 saturated heterocycles. The highest BCUT2D eigenvalue weighted by Gasteiger charge is 2.49. The van der Waals surface area contributed by atoms with E-state index in [0.29, 0.717) is 24.7 Å². The molecule has 3 fully saturated rings. The number of hydrogen-bond donors (Lipinski definition) is 15. The van der Waals surface area contributed by atoms with Crippen LogP contribution in [0.1, 0.15) is 143 Å². The molecule has 3 heterocycles. The van der Waals surface area contributed by atoms with E-state index in [2.05, 4.69) is 52.7 Å². The SMILES string of the molecule is CC[C@H](C)C[C@H](C)CCCCCCCCC(=O)N[C@H]1C[C@@H](O)[C@@H](OCCNC(C)C)NC(=O)[C@@H]2[C@@H](O)CCN2C(=O)[C@H]([C@H](O)CCN)NC(=O)[C@H]([C@H](O)[C@@H](O)c2ccc(O)cc2)NC(=O)[C@@H]2C[C@@H](O)CN2C(=O)C(C(C)O)NC1=O. The average Bonchev–Trinajstić information content (AvgIpc) is 4.12. The molecule has 0 aromatic heterocycles. The summed E-state index contributed by atoms with van der Waals surface area (Å²) in [6.45, 7) is 10.6. The number of carbonyl (C=O) groups is 7. The molecule has 0 radical (unpaired) electrons. The molecule has 0 bridgehead atoms.